The molecule has 0 saturated carbocycles. The Hall–Kier alpha value is -2.70. The van der Waals surface area contributed by atoms with Crippen LogP contribution in [0.2, 0.25) is 0 Å². The molecule has 1 unspecified atom stereocenters. The minimum Gasteiger partial charge on any atom is -0.349 e. The van der Waals surface area contributed by atoms with Gasteiger partial charge in [-0.1, -0.05) is 6.92 Å². The van der Waals surface area contributed by atoms with Gasteiger partial charge >= 0.3 is 0 Å². The summed E-state index contributed by atoms with van der Waals surface area (Å²) in [7, 11) is 0. The summed E-state index contributed by atoms with van der Waals surface area (Å²) in [5.41, 5.74) is 1.68. The molecule has 3 rings (SSSR count). The zero-order chi connectivity index (χ0) is 14.7. The van der Waals surface area contributed by atoms with Crippen molar-refractivity contribution in [1.82, 2.24) is 29.5 Å². The van der Waals surface area contributed by atoms with Gasteiger partial charge in [-0.2, -0.15) is 5.10 Å². The van der Waals surface area contributed by atoms with Crippen LogP contribution in [-0.4, -0.2) is 30.1 Å². The van der Waals surface area contributed by atoms with Gasteiger partial charge in [-0.15, -0.1) is 0 Å². The standard InChI is InChI=1S/C14H16N6O/c1-2-12(20-6-3-4-18-20)14(21)17-9-11-8-16-13-10-15-5-7-19(11)13/h3-8,10,12H,2,9H2,1H3,(H,17,21). The van der Waals surface area contributed by atoms with Crippen LogP contribution >= 0.6 is 0 Å². The number of nitrogens with zero attached hydrogens (tertiary/aromatic N) is 5. The number of hydrogen-bond acceptors (Lipinski definition) is 4. The summed E-state index contributed by atoms with van der Waals surface area (Å²) in [6.07, 6.45) is 11.1. The zero-order valence-corrected chi connectivity index (χ0v) is 11.7. The van der Waals surface area contributed by atoms with E-state index in [1.165, 1.54) is 0 Å². The topological polar surface area (TPSA) is 77.1 Å². The maximum absolute atomic E-state index is 12.3. The highest BCUT2D eigenvalue weighted by atomic mass is 16.2. The minimum atomic E-state index is -0.291. The summed E-state index contributed by atoms with van der Waals surface area (Å²) >= 11 is 0. The molecule has 1 N–H and O–H groups in total. The molecule has 7 nitrogen and oxygen atoms in total. The molecule has 0 spiro atoms. The number of aromatic nitrogens is 5. The number of rotatable bonds is 5. The van der Waals surface area contributed by atoms with E-state index in [2.05, 4.69) is 20.4 Å². The molecule has 0 aliphatic rings. The SMILES string of the molecule is CCC(C(=O)NCc1cnc2cnccn12)n1cccn1. The first-order valence-corrected chi connectivity index (χ1v) is 6.82. The van der Waals surface area contributed by atoms with E-state index < -0.39 is 0 Å². The van der Waals surface area contributed by atoms with Gasteiger partial charge in [0.25, 0.3) is 0 Å². The first-order valence-electron chi connectivity index (χ1n) is 6.82. The second-order valence-electron chi connectivity index (χ2n) is 4.68. The molecule has 1 amide bonds. The van der Waals surface area contributed by atoms with Crippen molar-refractivity contribution in [1.29, 1.82) is 0 Å². The minimum absolute atomic E-state index is 0.0507. The Morgan fingerprint density at radius 3 is 3.00 bits per heavy atom. The molecule has 0 saturated heterocycles. The Morgan fingerprint density at radius 2 is 2.24 bits per heavy atom. The lowest BCUT2D eigenvalue weighted by Gasteiger charge is -2.15. The Labute approximate surface area is 121 Å². The van der Waals surface area contributed by atoms with Crippen molar-refractivity contribution in [2.75, 3.05) is 0 Å². The summed E-state index contributed by atoms with van der Waals surface area (Å²) < 4.78 is 3.58. The summed E-state index contributed by atoms with van der Waals surface area (Å²) in [5, 5.41) is 7.07. The van der Waals surface area contributed by atoms with Gasteiger partial charge in [-0.25, -0.2) is 4.98 Å². The molecular formula is C14H16N6O. The number of fused-ring (bicyclic) bond motifs is 1. The van der Waals surface area contributed by atoms with Crippen LogP contribution in [0.1, 0.15) is 25.1 Å². The van der Waals surface area contributed by atoms with Crippen molar-refractivity contribution in [3.05, 3.63) is 48.9 Å². The zero-order valence-electron chi connectivity index (χ0n) is 11.7. The molecule has 3 aromatic heterocycles. The van der Waals surface area contributed by atoms with Crippen molar-refractivity contribution in [3.63, 3.8) is 0 Å². The van der Waals surface area contributed by atoms with Crippen LogP contribution in [0.25, 0.3) is 5.65 Å². The number of amides is 1. The average molecular weight is 284 g/mol. The second kappa shape index (κ2) is 5.74. The van der Waals surface area contributed by atoms with Gasteiger partial charge in [-0.3, -0.25) is 18.9 Å². The fourth-order valence-electron chi connectivity index (χ4n) is 2.28. The Bertz CT molecular complexity index is 733. The first kappa shape index (κ1) is 13.3. The number of carbonyl (C=O) groups excluding carboxylic acids is 1. The maximum Gasteiger partial charge on any atom is 0.245 e. The van der Waals surface area contributed by atoms with Crippen LogP contribution in [-0.2, 0) is 11.3 Å². The molecule has 0 aromatic carbocycles. The first-order chi connectivity index (χ1) is 10.3. The van der Waals surface area contributed by atoms with Gasteiger partial charge in [0.15, 0.2) is 5.65 Å². The normalized spacial score (nSPS) is 12.4. The van der Waals surface area contributed by atoms with E-state index in [1.54, 1.807) is 35.7 Å². The van der Waals surface area contributed by atoms with E-state index in [0.29, 0.717) is 13.0 Å². The predicted octanol–water partition coefficient (Wildman–Crippen LogP) is 1.19. The van der Waals surface area contributed by atoms with E-state index in [4.69, 9.17) is 0 Å². The lowest BCUT2D eigenvalue weighted by molar-refractivity contribution is -0.124. The Morgan fingerprint density at radius 1 is 1.33 bits per heavy atom. The van der Waals surface area contributed by atoms with Crippen LogP contribution in [0.5, 0.6) is 0 Å². The number of imidazole rings is 1. The maximum atomic E-state index is 12.3. The molecule has 0 aliphatic carbocycles. The van der Waals surface area contributed by atoms with Crippen LogP contribution in [0, 0.1) is 0 Å². The molecule has 3 heterocycles. The second-order valence-corrected chi connectivity index (χ2v) is 4.68. The van der Waals surface area contributed by atoms with E-state index >= 15 is 0 Å². The Balaban J connectivity index is 1.71. The van der Waals surface area contributed by atoms with Gasteiger partial charge in [-0.05, 0) is 12.5 Å². The monoisotopic (exact) mass is 284 g/mol. The molecule has 0 bridgehead atoms. The third kappa shape index (κ3) is 2.62. The van der Waals surface area contributed by atoms with Crippen LogP contribution in [0.3, 0.4) is 0 Å². The molecule has 0 fully saturated rings. The van der Waals surface area contributed by atoms with E-state index in [-0.39, 0.29) is 11.9 Å². The largest absolute Gasteiger partial charge is 0.349 e. The van der Waals surface area contributed by atoms with Gasteiger partial charge < -0.3 is 5.32 Å². The van der Waals surface area contributed by atoms with Crippen molar-refractivity contribution in [2.45, 2.75) is 25.9 Å². The molecule has 1 atom stereocenters. The van der Waals surface area contributed by atoms with Gasteiger partial charge in [0.2, 0.25) is 5.91 Å². The smallest absolute Gasteiger partial charge is 0.245 e. The number of carbonyl (C=O) groups is 1. The molecule has 0 aliphatic heterocycles. The van der Waals surface area contributed by atoms with Crippen LogP contribution in [0.4, 0.5) is 0 Å². The fourth-order valence-corrected chi connectivity index (χ4v) is 2.28. The third-order valence-electron chi connectivity index (χ3n) is 3.37. The molecule has 3 aromatic rings. The van der Waals surface area contributed by atoms with Crippen LogP contribution < -0.4 is 5.32 Å². The predicted molar refractivity (Wildman–Crippen MR) is 76.4 cm³/mol. The number of nitrogens with one attached hydrogen (secondary N) is 1. The summed E-state index contributed by atoms with van der Waals surface area (Å²) in [6, 6.07) is 1.52. The van der Waals surface area contributed by atoms with E-state index in [9.17, 15) is 4.79 Å². The molecule has 0 radical (unpaired) electrons. The van der Waals surface area contributed by atoms with E-state index in [1.807, 2.05) is 23.6 Å². The molecule has 21 heavy (non-hydrogen) atoms. The molecule has 7 heteroatoms. The van der Waals surface area contributed by atoms with Crippen LogP contribution in [0.15, 0.2) is 43.2 Å². The Kier molecular flexibility index (Phi) is 3.63. The van der Waals surface area contributed by atoms with Crippen molar-refractivity contribution < 1.29 is 4.79 Å². The third-order valence-corrected chi connectivity index (χ3v) is 3.37. The van der Waals surface area contributed by atoms with Gasteiger partial charge in [0, 0.05) is 24.8 Å². The van der Waals surface area contributed by atoms with Crippen molar-refractivity contribution in [3.8, 4) is 0 Å². The average Bonchev–Trinajstić information content (AvgIpc) is 3.15. The highest BCUT2D eigenvalue weighted by Gasteiger charge is 2.18. The highest BCUT2D eigenvalue weighted by molar-refractivity contribution is 5.80. The molecule has 108 valence electrons. The van der Waals surface area contributed by atoms with Crippen molar-refractivity contribution >= 4 is 11.6 Å². The summed E-state index contributed by atoms with van der Waals surface area (Å²) in [4.78, 5) is 20.5. The fraction of sp³-hybridized carbons (Fsp3) is 0.286. The summed E-state index contributed by atoms with van der Waals surface area (Å²) in [5.74, 6) is -0.0507. The number of hydrogen-bond donors (Lipinski definition) is 1. The summed E-state index contributed by atoms with van der Waals surface area (Å²) in [6.45, 7) is 2.38. The molecular weight excluding hydrogens is 268 g/mol. The lowest BCUT2D eigenvalue weighted by atomic mass is 10.2. The van der Waals surface area contributed by atoms with Gasteiger partial charge in [0.1, 0.15) is 6.04 Å². The highest BCUT2D eigenvalue weighted by Crippen LogP contribution is 2.10. The van der Waals surface area contributed by atoms with Crippen molar-refractivity contribution in [2.24, 2.45) is 0 Å². The van der Waals surface area contributed by atoms with Gasteiger partial charge in [0.05, 0.1) is 24.6 Å². The quantitative estimate of drug-likeness (QED) is 0.763. The lowest BCUT2D eigenvalue weighted by Crippen LogP contribution is -2.32. The van der Waals surface area contributed by atoms with E-state index in [0.717, 1.165) is 11.3 Å².